The van der Waals surface area contributed by atoms with Crippen LogP contribution in [0.1, 0.15) is 26.3 Å². The monoisotopic (exact) mass is 401 g/mol. The number of halogens is 3. The predicted octanol–water partition coefficient (Wildman–Crippen LogP) is 5.23. The van der Waals surface area contributed by atoms with Crippen molar-refractivity contribution in [3.05, 3.63) is 100 Å². The lowest BCUT2D eigenvalue weighted by atomic mass is 10.1. The van der Waals surface area contributed by atoms with Gasteiger partial charge in [0.25, 0.3) is 5.91 Å². The third kappa shape index (κ3) is 4.72. The summed E-state index contributed by atoms with van der Waals surface area (Å²) in [6.45, 7) is -0.116. The smallest absolute Gasteiger partial charge is 0.340 e. The minimum Gasteiger partial charge on any atom is -0.457 e. The van der Waals surface area contributed by atoms with Crippen molar-refractivity contribution in [1.82, 2.24) is 0 Å². The maximum atomic E-state index is 13.3. The van der Waals surface area contributed by atoms with Crippen LogP contribution in [0, 0.1) is 11.6 Å². The maximum absolute atomic E-state index is 13.3. The first-order valence-electron chi connectivity index (χ1n) is 8.21. The average molecular weight is 402 g/mol. The third-order valence-electron chi connectivity index (χ3n) is 3.85. The fraction of sp³-hybridized carbons (Fsp3) is 0.0476. The summed E-state index contributed by atoms with van der Waals surface area (Å²) in [5.74, 6) is -3.49. The summed E-state index contributed by atoms with van der Waals surface area (Å²) in [5.41, 5.74) is 1.46. The fourth-order valence-corrected chi connectivity index (χ4v) is 2.61. The normalized spacial score (nSPS) is 10.4. The number of rotatable bonds is 5. The molecule has 3 aromatic rings. The number of ether oxygens (including phenoxy) is 1. The summed E-state index contributed by atoms with van der Waals surface area (Å²) in [6.07, 6.45) is 0. The van der Waals surface area contributed by atoms with Crippen LogP contribution in [0.2, 0.25) is 5.02 Å². The van der Waals surface area contributed by atoms with Gasteiger partial charge in [-0.3, -0.25) is 4.79 Å². The van der Waals surface area contributed by atoms with E-state index < -0.39 is 17.6 Å². The van der Waals surface area contributed by atoms with Crippen molar-refractivity contribution < 1.29 is 23.1 Å². The molecule has 3 aromatic carbocycles. The van der Waals surface area contributed by atoms with Gasteiger partial charge in [-0.05, 0) is 42.0 Å². The SMILES string of the molecule is O=C(Nc1ccccc1)c1ccc(COC(=O)c2cc(F)c(F)cc2Cl)cc1. The number of benzene rings is 3. The molecule has 3 rings (SSSR count). The Hall–Kier alpha value is -3.25. The Labute approximate surface area is 164 Å². The third-order valence-corrected chi connectivity index (χ3v) is 4.16. The molecule has 0 bridgehead atoms. The number of nitrogens with one attached hydrogen (secondary N) is 1. The molecule has 0 atom stereocenters. The van der Waals surface area contributed by atoms with Gasteiger partial charge in [0, 0.05) is 11.3 Å². The van der Waals surface area contributed by atoms with Crippen LogP contribution in [-0.4, -0.2) is 11.9 Å². The average Bonchev–Trinajstić information content (AvgIpc) is 2.70. The van der Waals surface area contributed by atoms with E-state index in [0.29, 0.717) is 28.9 Å². The molecule has 7 heteroatoms. The number of para-hydroxylation sites is 1. The largest absolute Gasteiger partial charge is 0.457 e. The summed E-state index contributed by atoms with van der Waals surface area (Å²) in [7, 11) is 0. The first-order chi connectivity index (χ1) is 13.4. The molecule has 28 heavy (non-hydrogen) atoms. The van der Waals surface area contributed by atoms with Crippen LogP contribution < -0.4 is 5.32 Å². The van der Waals surface area contributed by atoms with Gasteiger partial charge >= 0.3 is 5.97 Å². The lowest BCUT2D eigenvalue weighted by Gasteiger charge is -2.08. The highest BCUT2D eigenvalue weighted by molar-refractivity contribution is 6.33. The quantitative estimate of drug-likeness (QED) is 0.470. The van der Waals surface area contributed by atoms with Crippen LogP contribution >= 0.6 is 11.6 Å². The second-order valence-corrected chi connectivity index (χ2v) is 6.25. The number of hydrogen-bond acceptors (Lipinski definition) is 3. The van der Waals surface area contributed by atoms with Crippen molar-refractivity contribution in [2.75, 3.05) is 5.32 Å². The number of anilines is 1. The van der Waals surface area contributed by atoms with Gasteiger partial charge in [0.05, 0.1) is 10.6 Å². The molecule has 0 aromatic heterocycles. The molecule has 0 spiro atoms. The summed E-state index contributed by atoms with van der Waals surface area (Å²) >= 11 is 5.75. The Kier molecular flexibility index (Phi) is 6.01. The standard InChI is InChI=1S/C21H14ClF2NO3/c22-17-11-19(24)18(23)10-16(17)21(27)28-12-13-6-8-14(9-7-13)20(26)25-15-4-2-1-3-5-15/h1-11H,12H2,(H,25,26). The van der Waals surface area contributed by atoms with Crippen LogP contribution in [0.3, 0.4) is 0 Å². The molecular formula is C21H14ClF2NO3. The minimum atomic E-state index is -1.19. The van der Waals surface area contributed by atoms with E-state index in [-0.39, 0.29) is 23.1 Å². The molecule has 0 radical (unpaired) electrons. The van der Waals surface area contributed by atoms with Gasteiger partial charge in [0.15, 0.2) is 11.6 Å². The number of amides is 1. The lowest BCUT2D eigenvalue weighted by Crippen LogP contribution is -2.12. The van der Waals surface area contributed by atoms with Crippen molar-refractivity contribution in [3.8, 4) is 0 Å². The van der Waals surface area contributed by atoms with E-state index in [1.807, 2.05) is 18.2 Å². The van der Waals surface area contributed by atoms with Gasteiger partial charge in [-0.1, -0.05) is 41.9 Å². The zero-order valence-electron chi connectivity index (χ0n) is 14.4. The topological polar surface area (TPSA) is 55.4 Å². The van der Waals surface area contributed by atoms with Crippen LogP contribution in [0.5, 0.6) is 0 Å². The van der Waals surface area contributed by atoms with Crippen molar-refractivity contribution >= 4 is 29.2 Å². The molecule has 0 heterocycles. The molecule has 0 aliphatic carbocycles. The molecule has 0 aliphatic heterocycles. The molecular weight excluding hydrogens is 388 g/mol. The maximum Gasteiger partial charge on any atom is 0.340 e. The van der Waals surface area contributed by atoms with E-state index in [0.717, 1.165) is 0 Å². The lowest BCUT2D eigenvalue weighted by molar-refractivity contribution is 0.0472. The molecule has 0 saturated heterocycles. The summed E-state index contributed by atoms with van der Waals surface area (Å²) in [5, 5.41) is 2.52. The van der Waals surface area contributed by atoms with E-state index in [2.05, 4.69) is 5.32 Å². The predicted molar refractivity (Wildman–Crippen MR) is 101 cm³/mol. The van der Waals surface area contributed by atoms with Crippen molar-refractivity contribution in [2.45, 2.75) is 6.61 Å². The Morgan fingerprint density at radius 1 is 0.929 bits per heavy atom. The highest BCUT2D eigenvalue weighted by Gasteiger charge is 2.16. The van der Waals surface area contributed by atoms with E-state index in [9.17, 15) is 18.4 Å². The molecule has 4 nitrogen and oxygen atoms in total. The number of hydrogen-bond donors (Lipinski definition) is 1. The molecule has 142 valence electrons. The molecule has 0 aliphatic rings. The van der Waals surface area contributed by atoms with E-state index in [1.165, 1.54) is 0 Å². The van der Waals surface area contributed by atoms with Crippen molar-refractivity contribution in [1.29, 1.82) is 0 Å². The first kappa shape index (κ1) is 19.5. The van der Waals surface area contributed by atoms with Crippen LogP contribution in [0.25, 0.3) is 0 Å². The number of carbonyl (C=O) groups is 2. The zero-order valence-corrected chi connectivity index (χ0v) is 15.2. The second kappa shape index (κ2) is 8.63. The van der Waals surface area contributed by atoms with E-state index >= 15 is 0 Å². The zero-order chi connectivity index (χ0) is 20.1. The first-order valence-corrected chi connectivity index (χ1v) is 8.59. The Morgan fingerprint density at radius 2 is 1.57 bits per heavy atom. The van der Waals surface area contributed by atoms with Gasteiger partial charge in [-0.15, -0.1) is 0 Å². The van der Waals surface area contributed by atoms with Gasteiger partial charge in [-0.25, -0.2) is 13.6 Å². The molecule has 0 saturated carbocycles. The van der Waals surface area contributed by atoms with Crippen LogP contribution in [0.15, 0.2) is 66.7 Å². The molecule has 0 unspecified atom stereocenters. The van der Waals surface area contributed by atoms with Crippen molar-refractivity contribution in [2.24, 2.45) is 0 Å². The highest BCUT2D eigenvalue weighted by Crippen LogP contribution is 2.21. The Bertz CT molecular complexity index is 1010. The fourth-order valence-electron chi connectivity index (χ4n) is 2.38. The van der Waals surface area contributed by atoms with Gasteiger partial charge in [0.1, 0.15) is 6.61 Å². The highest BCUT2D eigenvalue weighted by atomic mass is 35.5. The van der Waals surface area contributed by atoms with Gasteiger partial charge < -0.3 is 10.1 Å². The molecule has 1 N–H and O–H groups in total. The minimum absolute atomic E-state index is 0.116. The van der Waals surface area contributed by atoms with Gasteiger partial charge in [0.2, 0.25) is 0 Å². The number of carbonyl (C=O) groups excluding carboxylic acids is 2. The van der Waals surface area contributed by atoms with Crippen LogP contribution in [0.4, 0.5) is 14.5 Å². The summed E-state index contributed by atoms with van der Waals surface area (Å²) < 4.78 is 31.4. The second-order valence-electron chi connectivity index (χ2n) is 5.84. The number of esters is 1. The van der Waals surface area contributed by atoms with E-state index in [4.69, 9.17) is 16.3 Å². The molecule has 0 fully saturated rings. The summed E-state index contributed by atoms with van der Waals surface area (Å²) in [6, 6.07) is 16.9. The molecule has 1 amide bonds. The van der Waals surface area contributed by atoms with Crippen LogP contribution in [-0.2, 0) is 11.3 Å². The summed E-state index contributed by atoms with van der Waals surface area (Å²) in [4.78, 5) is 24.2. The Balaban J connectivity index is 1.61. The van der Waals surface area contributed by atoms with Crippen molar-refractivity contribution in [3.63, 3.8) is 0 Å². The van der Waals surface area contributed by atoms with Gasteiger partial charge in [-0.2, -0.15) is 0 Å². The Morgan fingerprint density at radius 3 is 2.25 bits per heavy atom. The van der Waals surface area contributed by atoms with E-state index in [1.54, 1.807) is 36.4 Å².